The molecule has 0 bridgehead atoms. The number of nitrogens with two attached hydrogens (primary N) is 1. The van der Waals surface area contributed by atoms with E-state index in [0.717, 1.165) is 12.0 Å². The Morgan fingerprint density at radius 1 is 1.77 bits per heavy atom. The maximum Gasteiger partial charge on any atom is 0.0909 e. The van der Waals surface area contributed by atoms with Crippen LogP contribution in [0.1, 0.15) is 13.3 Å². The highest BCUT2D eigenvalue weighted by Crippen LogP contribution is 2.21. The summed E-state index contributed by atoms with van der Waals surface area (Å²) >= 11 is 0. The zero-order chi connectivity index (χ0) is 9.84. The van der Waals surface area contributed by atoms with E-state index in [0.29, 0.717) is 0 Å². The molecule has 0 saturated heterocycles. The van der Waals surface area contributed by atoms with Crippen LogP contribution in [0, 0.1) is 0 Å². The van der Waals surface area contributed by atoms with Crippen molar-refractivity contribution in [1.82, 2.24) is 0 Å². The normalized spacial score (nSPS) is 33.5. The van der Waals surface area contributed by atoms with E-state index in [2.05, 4.69) is 10.0 Å². The lowest BCUT2D eigenvalue weighted by Gasteiger charge is -2.30. The van der Waals surface area contributed by atoms with E-state index in [1.54, 1.807) is 7.11 Å². The molecule has 0 aromatic rings. The van der Waals surface area contributed by atoms with Crippen molar-refractivity contribution in [1.29, 1.82) is 0 Å². The third kappa shape index (κ3) is 2.21. The van der Waals surface area contributed by atoms with Gasteiger partial charge in [0.05, 0.1) is 12.1 Å². The van der Waals surface area contributed by atoms with Gasteiger partial charge in [-0.15, -0.1) is 0 Å². The molecule has 0 heterocycles. The third-order valence-electron chi connectivity index (χ3n) is 2.28. The van der Waals surface area contributed by atoms with Gasteiger partial charge in [-0.3, -0.25) is 0 Å². The molecule has 0 radical (unpaired) electrons. The van der Waals surface area contributed by atoms with Gasteiger partial charge in [-0.1, -0.05) is 16.8 Å². The molecule has 72 valence electrons. The van der Waals surface area contributed by atoms with E-state index in [-0.39, 0.29) is 18.2 Å². The monoisotopic (exact) mass is 182 g/mol. The largest absolute Gasteiger partial charge is 0.376 e. The van der Waals surface area contributed by atoms with E-state index in [1.165, 1.54) is 0 Å². The second-order valence-electron chi connectivity index (χ2n) is 3.27. The summed E-state index contributed by atoms with van der Waals surface area (Å²) in [5.41, 5.74) is 15.3. The van der Waals surface area contributed by atoms with Crippen molar-refractivity contribution in [2.75, 3.05) is 7.11 Å². The van der Waals surface area contributed by atoms with Crippen LogP contribution in [-0.2, 0) is 4.74 Å². The highest BCUT2D eigenvalue weighted by molar-refractivity contribution is 5.15. The van der Waals surface area contributed by atoms with Gasteiger partial charge < -0.3 is 10.5 Å². The van der Waals surface area contributed by atoms with Crippen molar-refractivity contribution in [2.45, 2.75) is 31.5 Å². The van der Waals surface area contributed by atoms with Crippen LogP contribution in [0.15, 0.2) is 16.8 Å². The van der Waals surface area contributed by atoms with Crippen LogP contribution in [0.25, 0.3) is 10.4 Å². The van der Waals surface area contributed by atoms with Crippen LogP contribution in [-0.4, -0.2) is 25.3 Å². The van der Waals surface area contributed by atoms with Gasteiger partial charge in [-0.05, 0) is 18.9 Å². The van der Waals surface area contributed by atoms with Crippen LogP contribution in [0.5, 0.6) is 0 Å². The minimum absolute atomic E-state index is 0.135. The third-order valence-corrected chi connectivity index (χ3v) is 2.28. The van der Waals surface area contributed by atoms with Crippen molar-refractivity contribution in [3.05, 3.63) is 22.1 Å². The minimum atomic E-state index is -0.232. The van der Waals surface area contributed by atoms with Gasteiger partial charge in [-0.2, -0.15) is 0 Å². The van der Waals surface area contributed by atoms with E-state index in [9.17, 15) is 0 Å². The van der Waals surface area contributed by atoms with E-state index in [1.807, 2.05) is 13.0 Å². The number of ether oxygens (including phenoxy) is 1. The molecule has 0 aliphatic heterocycles. The zero-order valence-electron chi connectivity index (χ0n) is 7.84. The number of hydrogen-bond donors (Lipinski definition) is 1. The maximum absolute atomic E-state index is 8.32. The highest BCUT2D eigenvalue weighted by atomic mass is 16.5. The number of rotatable bonds is 2. The predicted octanol–water partition coefficient (Wildman–Crippen LogP) is 1.36. The Kier molecular flexibility index (Phi) is 3.31. The fraction of sp³-hybridized carbons (Fsp3) is 0.750. The second-order valence-corrected chi connectivity index (χ2v) is 3.27. The lowest BCUT2D eigenvalue weighted by Crippen LogP contribution is -2.46. The van der Waals surface area contributed by atoms with Crippen molar-refractivity contribution >= 4 is 0 Å². The quantitative estimate of drug-likeness (QED) is 0.302. The summed E-state index contributed by atoms with van der Waals surface area (Å²) in [7, 11) is 1.60. The first-order chi connectivity index (χ1) is 6.19. The highest BCUT2D eigenvalue weighted by Gasteiger charge is 2.28. The average molecular weight is 182 g/mol. The summed E-state index contributed by atoms with van der Waals surface area (Å²) in [6, 6.07) is -0.412. The van der Waals surface area contributed by atoms with Crippen LogP contribution in [0.3, 0.4) is 0 Å². The summed E-state index contributed by atoms with van der Waals surface area (Å²) in [5.74, 6) is 0. The molecule has 0 spiro atoms. The molecule has 13 heavy (non-hydrogen) atoms. The number of hydrogen-bond acceptors (Lipinski definition) is 3. The molecule has 0 aromatic carbocycles. The molecular formula is C8H14N4O. The Morgan fingerprint density at radius 3 is 3.00 bits per heavy atom. The Hall–Kier alpha value is -1.03. The van der Waals surface area contributed by atoms with E-state index in [4.69, 9.17) is 16.0 Å². The Labute approximate surface area is 77.2 Å². The van der Waals surface area contributed by atoms with Gasteiger partial charge >= 0.3 is 0 Å². The van der Waals surface area contributed by atoms with Crippen LogP contribution in [0.4, 0.5) is 0 Å². The second kappa shape index (κ2) is 4.28. The van der Waals surface area contributed by atoms with Crippen molar-refractivity contribution in [3.8, 4) is 0 Å². The molecule has 2 N–H and O–H groups in total. The van der Waals surface area contributed by atoms with Gasteiger partial charge in [0.1, 0.15) is 0 Å². The molecule has 5 heteroatoms. The van der Waals surface area contributed by atoms with Crippen molar-refractivity contribution in [2.24, 2.45) is 10.8 Å². The molecule has 1 aliphatic carbocycles. The molecule has 0 amide bonds. The van der Waals surface area contributed by atoms with Crippen LogP contribution >= 0.6 is 0 Å². The summed E-state index contributed by atoms with van der Waals surface area (Å²) in [6.45, 7) is 1.98. The summed E-state index contributed by atoms with van der Waals surface area (Å²) < 4.78 is 5.17. The molecule has 5 nitrogen and oxygen atoms in total. The smallest absolute Gasteiger partial charge is 0.0909 e. The first-order valence-corrected chi connectivity index (χ1v) is 4.19. The van der Waals surface area contributed by atoms with Crippen LogP contribution < -0.4 is 5.73 Å². The molecule has 0 saturated carbocycles. The lowest BCUT2D eigenvalue weighted by molar-refractivity contribution is 0.103. The summed E-state index contributed by atoms with van der Waals surface area (Å²) in [6.07, 6.45) is 2.57. The van der Waals surface area contributed by atoms with Gasteiger partial charge in [0, 0.05) is 18.1 Å². The first kappa shape index (κ1) is 10.1. The molecule has 0 fully saturated rings. The summed E-state index contributed by atoms with van der Waals surface area (Å²) in [5, 5.41) is 3.65. The number of nitrogens with zero attached hydrogens (tertiary/aromatic N) is 3. The topological polar surface area (TPSA) is 84.0 Å². The van der Waals surface area contributed by atoms with Crippen molar-refractivity contribution < 1.29 is 4.74 Å². The minimum Gasteiger partial charge on any atom is -0.376 e. The SMILES string of the molecule is CO[C@@H]1C=C(C)C[C@@H](N=[N+]=[N-])[C@H]1N. The lowest BCUT2D eigenvalue weighted by atomic mass is 9.90. The van der Waals surface area contributed by atoms with Gasteiger partial charge in [0.2, 0.25) is 0 Å². The van der Waals surface area contributed by atoms with E-state index < -0.39 is 0 Å². The Morgan fingerprint density at radius 2 is 2.46 bits per heavy atom. The van der Waals surface area contributed by atoms with Crippen LogP contribution in [0.2, 0.25) is 0 Å². The molecular weight excluding hydrogens is 168 g/mol. The Bertz CT molecular complexity index is 257. The zero-order valence-corrected chi connectivity index (χ0v) is 7.84. The predicted molar refractivity (Wildman–Crippen MR) is 50.1 cm³/mol. The first-order valence-electron chi connectivity index (χ1n) is 4.19. The number of methoxy groups -OCH3 is 1. The van der Waals surface area contributed by atoms with Crippen molar-refractivity contribution in [3.63, 3.8) is 0 Å². The van der Waals surface area contributed by atoms with Gasteiger partial charge in [0.25, 0.3) is 0 Å². The fourth-order valence-electron chi connectivity index (χ4n) is 1.55. The fourth-order valence-corrected chi connectivity index (χ4v) is 1.55. The van der Waals surface area contributed by atoms with Gasteiger partial charge in [-0.25, -0.2) is 0 Å². The standard InChI is InChI=1S/C8H14N4O/c1-5-3-6(11-12-10)8(9)7(4-5)13-2/h4,6-8H,3,9H2,1-2H3/t6-,7-,8-/m1/s1. The Balaban J connectivity index is 2.81. The summed E-state index contributed by atoms with van der Waals surface area (Å²) in [4.78, 5) is 2.78. The molecule has 3 atom stereocenters. The molecule has 0 aromatic heterocycles. The molecule has 1 rings (SSSR count). The molecule has 1 aliphatic rings. The average Bonchev–Trinajstić information content (AvgIpc) is 2.11. The molecule has 0 unspecified atom stereocenters. The van der Waals surface area contributed by atoms with Gasteiger partial charge in [0.15, 0.2) is 0 Å². The maximum atomic E-state index is 8.32. The van der Waals surface area contributed by atoms with E-state index >= 15 is 0 Å². The number of azide groups is 1.